The van der Waals surface area contributed by atoms with Crippen LogP contribution in [0, 0.1) is 18.8 Å². The van der Waals surface area contributed by atoms with Gasteiger partial charge in [-0.2, -0.15) is 0 Å². The highest BCUT2D eigenvalue weighted by Crippen LogP contribution is 2.38. The Kier molecular flexibility index (Phi) is 5.92. The van der Waals surface area contributed by atoms with Crippen molar-refractivity contribution in [3.8, 4) is 0 Å². The summed E-state index contributed by atoms with van der Waals surface area (Å²) >= 11 is 6.33. The lowest BCUT2D eigenvalue weighted by Gasteiger charge is -2.34. The van der Waals surface area contributed by atoms with E-state index in [1.807, 2.05) is 6.07 Å². The van der Waals surface area contributed by atoms with Crippen molar-refractivity contribution in [1.29, 1.82) is 0 Å². The van der Waals surface area contributed by atoms with Gasteiger partial charge in [0.05, 0.1) is 0 Å². The summed E-state index contributed by atoms with van der Waals surface area (Å²) in [6.45, 7) is 7.86. The molecule has 1 N–H and O–H groups in total. The van der Waals surface area contributed by atoms with Crippen LogP contribution in [0.2, 0.25) is 5.02 Å². The van der Waals surface area contributed by atoms with E-state index < -0.39 is 0 Å². The normalized spacial score (nSPS) is 24.6. The van der Waals surface area contributed by atoms with Crippen molar-refractivity contribution >= 4 is 11.6 Å². The molecule has 1 nitrogen and oxygen atoms in total. The molecule has 0 radical (unpaired) electrons. The molecule has 0 spiro atoms. The molecule has 1 unspecified atom stereocenters. The molecule has 2 heteroatoms. The van der Waals surface area contributed by atoms with E-state index in [-0.39, 0.29) is 0 Å². The minimum Gasteiger partial charge on any atom is -0.310 e. The van der Waals surface area contributed by atoms with Gasteiger partial charge in [0, 0.05) is 11.1 Å². The van der Waals surface area contributed by atoms with E-state index in [9.17, 15) is 0 Å². The van der Waals surface area contributed by atoms with Crippen LogP contribution in [0.25, 0.3) is 0 Å². The van der Waals surface area contributed by atoms with Crippen LogP contribution < -0.4 is 5.32 Å². The van der Waals surface area contributed by atoms with Crippen LogP contribution in [0.1, 0.15) is 63.1 Å². The lowest BCUT2D eigenvalue weighted by Crippen LogP contribution is -2.32. The first-order valence-electron chi connectivity index (χ1n) is 8.11. The van der Waals surface area contributed by atoms with Crippen molar-refractivity contribution in [1.82, 2.24) is 5.32 Å². The summed E-state index contributed by atoms with van der Waals surface area (Å²) in [7, 11) is 0. The summed E-state index contributed by atoms with van der Waals surface area (Å²) in [5.74, 6) is 1.66. The topological polar surface area (TPSA) is 12.0 Å². The molecular weight excluding hydrogens is 266 g/mol. The van der Waals surface area contributed by atoms with Crippen LogP contribution in [-0.4, -0.2) is 6.54 Å². The predicted octanol–water partition coefficient (Wildman–Crippen LogP) is 5.52. The van der Waals surface area contributed by atoms with E-state index in [1.54, 1.807) is 0 Å². The molecule has 1 aromatic carbocycles. The second kappa shape index (κ2) is 7.47. The van der Waals surface area contributed by atoms with Gasteiger partial charge in [-0.25, -0.2) is 0 Å². The molecule has 0 heterocycles. The molecule has 0 saturated heterocycles. The Balaban J connectivity index is 2.20. The van der Waals surface area contributed by atoms with Gasteiger partial charge in [0.15, 0.2) is 0 Å². The highest BCUT2D eigenvalue weighted by molar-refractivity contribution is 6.31. The van der Waals surface area contributed by atoms with Crippen LogP contribution >= 0.6 is 11.6 Å². The van der Waals surface area contributed by atoms with E-state index in [0.29, 0.717) is 6.04 Å². The standard InChI is InChI=1S/C18H28ClN/c1-4-12-20-18(15-10-8-13(2)9-11-15)16-6-5-7-17(19)14(16)3/h5-7,13,15,18,20H,4,8-12H2,1-3H3. The van der Waals surface area contributed by atoms with Crippen LogP contribution in [0.15, 0.2) is 18.2 Å². The SMILES string of the molecule is CCCNC(c1cccc(Cl)c1C)C1CCC(C)CC1. The van der Waals surface area contributed by atoms with Gasteiger partial charge in [-0.05, 0) is 61.8 Å². The van der Waals surface area contributed by atoms with Crippen LogP contribution in [0.4, 0.5) is 0 Å². The van der Waals surface area contributed by atoms with Gasteiger partial charge >= 0.3 is 0 Å². The van der Waals surface area contributed by atoms with Gasteiger partial charge in [0.2, 0.25) is 0 Å². The minimum atomic E-state index is 0.473. The molecule has 1 aliphatic carbocycles. The highest BCUT2D eigenvalue weighted by atomic mass is 35.5. The molecule has 1 atom stereocenters. The summed E-state index contributed by atoms with van der Waals surface area (Å²) in [5, 5.41) is 4.68. The lowest BCUT2D eigenvalue weighted by atomic mass is 9.76. The Bertz CT molecular complexity index is 421. The van der Waals surface area contributed by atoms with Gasteiger partial charge in [-0.1, -0.05) is 50.4 Å². The van der Waals surface area contributed by atoms with Crippen molar-refractivity contribution in [2.45, 2.75) is 58.9 Å². The zero-order valence-corrected chi connectivity index (χ0v) is 13.8. The quantitative estimate of drug-likeness (QED) is 0.754. The molecule has 1 aliphatic rings. The third-order valence-corrected chi connectivity index (χ3v) is 5.20. The summed E-state index contributed by atoms with van der Waals surface area (Å²) in [4.78, 5) is 0. The Hall–Kier alpha value is -0.530. The monoisotopic (exact) mass is 293 g/mol. The summed E-state index contributed by atoms with van der Waals surface area (Å²) in [5.41, 5.74) is 2.66. The van der Waals surface area contributed by atoms with Crippen molar-refractivity contribution in [3.63, 3.8) is 0 Å². The number of halogens is 1. The third kappa shape index (κ3) is 3.77. The van der Waals surface area contributed by atoms with Crippen molar-refractivity contribution in [2.75, 3.05) is 6.54 Å². The van der Waals surface area contributed by atoms with Crippen molar-refractivity contribution in [2.24, 2.45) is 11.8 Å². The van der Waals surface area contributed by atoms with E-state index in [4.69, 9.17) is 11.6 Å². The third-order valence-electron chi connectivity index (χ3n) is 4.79. The van der Waals surface area contributed by atoms with Crippen LogP contribution in [-0.2, 0) is 0 Å². The number of hydrogen-bond acceptors (Lipinski definition) is 1. The lowest BCUT2D eigenvalue weighted by molar-refractivity contribution is 0.231. The highest BCUT2D eigenvalue weighted by Gasteiger charge is 2.28. The zero-order valence-electron chi connectivity index (χ0n) is 13.1. The van der Waals surface area contributed by atoms with Crippen LogP contribution in [0.3, 0.4) is 0 Å². The molecule has 1 saturated carbocycles. The molecule has 0 aromatic heterocycles. The van der Waals surface area contributed by atoms with Gasteiger partial charge in [0.1, 0.15) is 0 Å². The first-order valence-corrected chi connectivity index (χ1v) is 8.49. The maximum atomic E-state index is 6.33. The number of hydrogen-bond donors (Lipinski definition) is 1. The fourth-order valence-electron chi connectivity index (χ4n) is 3.41. The molecule has 20 heavy (non-hydrogen) atoms. The second-order valence-corrected chi connectivity index (χ2v) is 6.81. The summed E-state index contributed by atoms with van der Waals surface area (Å²) in [6, 6.07) is 6.82. The Morgan fingerprint density at radius 1 is 1.25 bits per heavy atom. The number of benzene rings is 1. The Morgan fingerprint density at radius 2 is 1.95 bits per heavy atom. The first kappa shape index (κ1) is 15.9. The first-order chi connectivity index (χ1) is 9.63. The van der Waals surface area contributed by atoms with Crippen LogP contribution in [0.5, 0.6) is 0 Å². The van der Waals surface area contributed by atoms with Gasteiger partial charge in [-0.15, -0.1) is 0 Å². The average Bonchev–Trinajstić information content (AvgIpc) is 2.45. The maximum absolute atomic E-state index is 6.33. The minimum absolute atomic E-state index is 0.473. The van der Waals surface area contributed by atoms with E-state index >= 15 is 0 Å². The summed E-state index contributed by atoms with van der Waals surface area (Å²) < 4.78 is 0. The fourth-order valence-corrected chi connectivity index (χ4v) is 3.59. The molecule has 1 aromatic rings. The van der Waals surface area contributed by atoms with Gasteiger partial charge in [-0.3, -0.25) is 0 Å². The summed E-state index contributed by atoms with van der Waals surface area (Å²) in [6.07, 6.45) is 6.60. The van der Waals surface area contributed by atoms with Gasteiger partial charge in [0.25, 0.3) is 0 Å². The Morgan fingerprint density at radius 3 is 2.60 bits per heavy atom. The number of nitrogens with one attached hydrogen (secondary N) is 1. The molecule has 1 fully saturated rings. The molecule has 112 valence electrons. The zero-order chi connectivity index (χ0) is 14.5. The van der Waals surface area contributed by atoms with E-state index in [0.717, 1.165) is 23.4 Å². The molecular formula is C18H28ClN. The molecule has 0 bridgehead atoms. The second-order valence-electron chi connectivity index (χ2n) is 6.41. The van der Waals surface area contributed by atoms with Gasteiger partial charge < -0.3 is 5.32 Å². The average molecular weight is 294 g/mol. The smallest absolute Gasteiger partial charge is 0.0438 e. The molecule has 0 aliphatic heterocycles. The fraction of sp³-hybridized carbons (Fsp3) is 0.667. The van der Waals surface area contributed by atoms with Crippen molar-refractivity contribution in [3.05, 3.63) is 34.3 Å². The molecule has 2 rings (SSSR count). The van der Waals surface area contributed by atoms with E-state index in [1.165, 1.54) is 43.2 Å². The Labute approximate surface area is 129 Å². The number of rotatable bonds is 5. The van der Waals surface area contributed by atoms with E-state index in [2.05, 4.69) is 38.2 Å². The maximum Gasteiger partial charge on any atom is 0.0438 e. The molecule has 0 amide bonds. The predicted molar refractivity (Wildman–Crippen MR) is 88.3 cm³/mol. The largest absolute Gasteiger partial charge is 0.310 e. The van der Waals surface area contributed by atoms with Crippen molar-refractivity contribution < 1.29 is 0 Å².